The fraction of sp³-hybridized carbons (Fsp3) is 0.333. The molecule has 12 heteroatoms. The van der Waals surface area contributed by atoms with Gasteiger partial charge < -0.3 is 15.1 Å². The maximum atomic E-state index is 13.5. The molecule has 0 atom stereocenters. The van der Waals surface area contributed by atoms with Crippen molar-refractivity contribution < 1.29 is 14.0 Å². The van der Waals surface area contributed by atoms with Gasteiger partial charge in [-0.3, -0.25) is 9.69 Å². The van der Waals surface area contributed by atoms with Crippen molar-refractivity contribution in [2.75, 3.05) is 42.9 Å². The number of halogens is 2. The van der Waals surface area contributed by atoms with Crippen LogP contribution in [-0.2, 0) is 4.79 Å². The van der Waals surface area contributed by atoms with Crippen molar-refractivity contribution in [3.63, 3.8) is 0 Å². The van der Waals surface area contributed by atoms with Gasteiger partial charge in [0.05, 0.1) is 11.2 Å². The number of fused-ring (bicyclic) bond motifs is 1. The number of piperazine rings is 1. The quantitative estimate of drug-likeness (QED) is 0.621. The number of nitrogens with zero attached hydrogens (tertiary/aromatic N) is 7. The van der Waals surface area contributed by atoms with Crippen molar-refractivity contribution in [1.29, 1.82) is 0 Å². The zero-order valence-electron chi connectivity index (χ0n) is 18.1. The second-order valence-corrected chi connectivity index (χ2v) is 7.81. The van der Waals surface area contributed by atoms with E-state index in [4.69, 9.17) is 11.6 Å². The monoisotopic (exact) mass is 472 g/mol. The Kier molecular flexibility index (Phi) is 6.50. The molecule has 0 aliphatic carbocycles. The molecule has 3 heterocycles. The number of amides is 3. The minimum Gasteiger partial charge on any atom is -0.339 e. The SMILES string of the molecule is CCN(C(=O)N1CCN(C(C)=O)CC1)c1ncc2ncnc(Nc3ccc(F)c(Cl)c3)c2n1. The highest BCUT2D eigenvalue weighted by Gasteiger charge is 2.27. The Bertz CT molecular complexity index is 1200. The number of urea groups is 1. The van der Waals surface area contributed by atoms with Crippen molar-refractivity contribution >= 4 is 52.0 Å². The number of nitrogens with one attached hydrogen (secondary N) is 1. The van der Waals surface area contributed by atoms with E-state index in [1.165, 1.54) is 42.5 Å². The summed E-state index contributed by atoms with van der Waals surface area (Å²) in [5.74, 6) is 0.0410. The van der Waals surface area contributed by atoms with Crippen molar-refractivity contribution in [2.24, 2.45) is 0 Å². The molecule has 172 valence electrons. The maximum Gasteiger partial charge on any atom is 0.326 e. The van der Waals surface area contributed by atoms with Crippen LogP contribution in [0.3, 0.4) is 0 Å². The van der Waals surface area contributed by atoms with E-state index >= 15 is 0 Å². The molecule has 1 saturated heterocycles. The second kappa shape index (κ2) is 9.49. The van der Waals surface area contributed by atoms with E-state index in [-0.39, 0.29) is 22.9 Å². The molecule has 0 saturated carbocycles. The van der Waals surface area contributed by atoms with Crippen LogP contribution >= 0.6 is 11.6 Å². The number of rotatable bonds is 4. The number of benzene rings is 1. The molecule has 2 aromatic heterocycles. The summed E-state index contributed by atoms with van der Waals surface area (Å²) in [6, 6.07) is 3.98. The van der Waals surface area contributed by atoms with E-state index in [1.54, 1.807) is 9.80 Å². The molecule has 1 aliphatic rings. The molecular formula is C21H22ClFN8O2. The minimum absolute atomic E-state index is 0.00483. The Balaban J connectivity index is 1.60. The molecule has 1 aromatic carbocycles. The van der Waals surface area contributed by atoms with Crippen LogP contribution in [0.4, 0.5) is 26.6 Å². The molecule has 1 aliphatic heterocycles. The van der Waals surface area contributed by atoms with Gasteiger partial charge in [-0.15, -0.1) is 0 Å². The first-order valence-electron chi connectivity index (χ1n) is 10.4. The topological polar surface area (TPSA) is 107 Å². The number of carbonyl (C=O) groups excluding carboxylic acids is 2. The van der Waals surface area contributed by atoms with Crippen molar-refractivity contribution in [3.05, 3.63) is 41.6 Å². The molecule has 10 nitrogen and oxygen atoms in total. The lowest BCUT2D eigenvalue weighted by Gasteiger charge is -2.36. The molecule has 1 N–H and O–H groups in total. The first-order valence-corrected chi connectivity index (χ1v) is 10.8. The predicted molar refractivity (Wildman–Crippen MR) is 122 cm³/mol. The molecule has 3 amide bonds. The van der Waals surface area contributed by atoms with Crippen LogP contribution in [0.5, 0.6) is 0 Å². The summed E-state index contributed by atoms with van der Waals surface area (Å²) >= 11 is 5.87. The molecule has 1 fully saturated rings. The van der Waals surface area contributed by atoms with Gasteiger partial charge in [0.15, 0.2) is 5.82 Å². The lowest BCUT2D eigenvalue weighted by Crippen LogP contribution is -2.54. The van der Waals surface area contributed by atoms with Gasteiger partial charge in [-0.05, 0) is 25.1 Å². The van der Waals surface area contributed by atoms with Crippen LogP contribution in [0.1, 0.15) is 13.8 Å². The smallest absolute Gasteiger partial charge is 0.326 e. The van der Waals surface area contributed by atoms with E-state index in [9.17, 15) is 14.0 Å². The summed E-state index contributed by atoms with van der Waals surface area (Å²) < 4.78 is 13.5. The third kappa shape index (κ3) is 4.77. The Hall–Kier alpha value is -3.60. The number of aromatic nitrogens is 4. The first kappa shape index (κ1) is 22.6. The summed E-state index contributed by atoms with van der Waals surface area (Å²) in [6.07, 6.45) is 2.88. The van der Waals surface area contributed by atoms with Crippen LogP contribution in [-0.4, -0.2) is 74.4 Å². The van der Waals surface area contributed by atoms with Crippen LogP contribution in [0.25, 0.3) is 11.0 Å². The molecular weight excluding hydrogens is 451 g/mol. The standard InChI is InChI=1S/C21H22ClFN8O2/c1-3-31(21(33)30-8-6-29(7-9-30)13(2)32)20-24-11-17-18(28-20)19(26-12-25-17)27-14-4-5-16(23)15(22)10-14/h4-5,10-12H,3,6-9H2,1-2H3,(H,25,26,27). The number of carbonyl (C=O) groups is 2. The van der Waals surface area contributed by atoms with Crippen molar-refractivity contribution in [2.45, 2.75) is 13.8 Å². The largest absolute Gasteiger partial charge is 0.339 e. The van der Waals surface area contributed by atoms with Crippen LogP contribution in [0, 0.1) is 5.82 Å². The third-order valence-electron chi connectivity index (χ3n) is 5.33. The van der Waals surface area contributed by atoms with E-state index in [2.05, 4.69) is 25.3 Å². The summed E-state index contributed by atoms with van der Waals surface area (Å²) in [6.45, 7) is 5.54. The molecule has 0 unspecified atom stereocenters. The number of hydrogen-bond donors (Lipinski definition) is 1. The summed E-state index contributed by atoms with van der Waals surface area (Å²) in [4.78, 5) is 46.9. The van der Waals surface area contributed by atoms with Gasteiger partial charge in [-0.2, -0.15) is 0 Å². The lowest BCUT2D eigenvalue weighted by molar-refractivity contribution is -0.130. The third-order valence-corrected chi connectivity index (χ3v) is 5.62. The fourth-order valence-corrected chi connectivity index (χ4v) is 3.70. The zero-order valence-corrected chi connectivity index (χ0v) is 18.9. The zero-order chi connectivity index (χ0) is 23.5. The second-order valence-electron chi connectivity index (χ2n) is 7.40. The van der Waals surface area contributed by atoms with Crippen molar-refractivity contribution in [1.82, 2.24) is 29.7 Å². The lowest BCUT2D eigenvalue weighted by atomic mass is 10.3. The van der Waals surface area contributed by atoms with Gasteiger partial charge in [0.1, 0.15) is 23.2 Å². The van der Waals surface area contributed by atoms with E-state index < -0.39 is 5.82 Å². The van der Waals surface area contributed by atoms with Crippen LogP contribution in [0.15, 0.2) is 30.7 Å². The normalized spacial score (nSPS) is 13.8. The molecule has 4 rings (SSSR count). The summed E-state index contributed by atoms with van der Waals surface area (Å²) in [5.41, 5.74) is 1.40. The fourth-order valence-electron chi connectivity index (χ4n) is 3.52. The molecule has 0 spiro atoms. The highest BCUT2D eigenvalue weighted by molar-refractivity contribution is 6.31. The van der Waals surface area contributed by atoms with Gasteiger partial charge in [0.25, 0.3) is 0 Å². The Morgan fingerprint density at radius 1 is 1.15 bits per heavy atom. The van der Waals surface area contributed by atoms with Crippen LogP contribution in [0.2, 0.25) is 5.02 Å². The first-order chi connectivity index (χ1) is 15.9. The molecule has 33 heavy (non-hydrogen) atoms. The molecule has 3 aromatic rings. The summed E-state index contributed by atoms with van der Waals surface area (Å²) in [7, 11) is 0. The van der Waals surface area contributed by atoms with Gasteiger partial charge >= 0.3 is 6.03 Å². The minimum atomic E-state index is -0.527. The Morgan fingerprint density at radius 3 is 2.55 bits per heavy atom. The maximum absolute atomic E-state index is 13.5. The molecule has 0 bridgehead atoms. The van der Waals surface area contributed by atoms with E-state index in [1.807, 2.05) is 6.92 Å². The predicted octanol–water partition coefficient (Wildman–Crippen LogP) is 3.07. The molecule has 0 radical (unpaired) electrons. The Labute approximate surface area is 194 Å². The average molecular weight is 473 g/mol. The van der Waals surface area contributed by atoms with Gasteiger partial charge in [-0.25, -0.2) is 29.1 Å². The van der Waals surface area contributed by atoms with E-state index in [0.29, 0.717) is 55.3 Å². The van der Waals surface area contributed by atoms with Crippen molar-refractivity contribution in [3.8, 4) is 0 Å². The summed E-state index contributed by atoms with van der Waals surface area (Å²) in [5, 5.41) is 3.04. The van der Waals surface area contributed by atoms with Gasteiger partial charge in [0, 0.05) is 45.3 Å². The van der Waals surface area contributed by atoms with Crippen LogP contribution < -0.4 is 10.2 Å². The number of hydrogen-bond acceptors (Lipinski definition) is 7. The average Bonchev–Trinajstić information content (AvgIpc) is 2.82. The number of anilines is 3. The highest BCUT2D eigenvalue weighted by Crippen LogP contribution is 2.26. The van der Waals surface area contributed by atoms with Gasteiger partial charge in [0.2, 0.25) is 11.9 Å². The van der Waals surface area contributed by atoms with Gasteiger partial charge in [-0.1, -0.05) is 11.6 Å². The Morgan fingerprint density at radius 2 is 1.88 bits per heavy atom. The highest BCUT2D eigenvalue weighted by atomic mass is 35.5. The van der Waals surface area contributed by atoms with E-state index in [0.717, 1.165) is 0 Å².